The van der Waals surface area contributed by atoms with Crippen LogP contribution in [0.15, 0.2) is 29.6 Å². The Bertz CT molecular complexity index is 573. The normalized spacial score (nSPS) is 11.1. The zero-order valence-corrected chi connectivity index (χ0v) is 8.35. The van der Waals surface area contributed by atoms with Crippen molar-refractivity contribution in [2.75, 3.05) is 0 Å². The summed E-state index contributed by atoms with van der Waals surface area (Å²) in [7, 11) is 0. The standard InChI is InChI=1S/C9H5N3Se/c1-2-7-9(13-5-12-7)8-6(1)10-3-4-11-8/h1-5H. The van der Waals surface area contributed by atoms with Crippen LogP contribution in [0.1, 0.15) is 0 Å². The summed E-state index contributed by atoms with van der Waals surface area (Å²) in [6.07, 6.45) is 3.45. The van der Waals surface area contributed by atoms with Gasteiger partial charge in [-0.05, 0) is 0 Å². The monoisotopic (exact) mass is 235 g/mol. The number of nitrogens with zero attached hydrogens (tertiary/aromatic N) is 3. The Hall–Kier alpha value is -1.25. The number of hydrogen-bond acceptors (Lipinski definition) is 3. The fraction of sp³-hybridized carbons (Fsp3) is 0. The molecule has 0 amide bonds. The van der Waals surface area contributed by atoms with Crippen LogP contribution in [0.2, 0.25) is 0 Å². The average Bonchev–Trinajstić information content (AvgIpc) is 2.65. The molecular weight excluding hydrogens is 229 g/mol. The fourth-order valence-electron chi connectivity index (χ4n) is 1.35. The van der Waals surface area contributed by atoms with E-state index in [0.717, 1.165) is 16.6 Å². The summed E-state index contributed by atoms with van der Waals surface area (Å²) in [4.78, 5) is 12.9. The molecule has 0 radical (unpaired) electrons. The fourth-order valence-corrected chi connectivity index (χ4v) is 3.00. The van der Waals surface area contributed by atoms with Crippen LogP contribution in [0.25, 0.3) is 20.8 Å². The SMILES string of the molecule is c1cnc2c(ccc3nc[se]c32)n1. The molecule has 3 aromatic rings. The Morgan fingerprint density at radius 1 is 0.923 bits per heavy atom. The summed E-state index contributed by atoms with van der Waals surface area (Å²) in [5.74, 6) is 0. The van der Waals surface area contributed by atoms with Crippen molar-refractivity contribution in [2.45, 2.75) is 0 Å². The molecule has 0 saturated heterocycles. The Labute approximate surface area is 80.2 Å². The van der Waals surface area contributed by atoms with Gasteiger partial charge in [0, 0.05) is 0 Å². The van der Waals surface area contributed by atoms with Crippen molar-refractivity contribution >= 4 is 35.3 Å². The molecule has 2 heterocycles. The summed E-state index contributed by atoms with van der Waals surface area (Å²) < 4.78 is 1.26. The van der Waals surface area contributed by atoms with Crippen LogP contribution in [0.4, 0.5) is 0 Å². The van der Waals surface area contributed by atoms with Gasteiger partial charge in [0.15, 0.2) is 0 Å². The first kappa shape index (κ1) is 7.18. The van der Waals surface area contributed by atoms with E-state index in [1.165, 1.54) is 4.26 Å². The molecule has 4 heteroatoms. The van der Waals surface area contributed by atoms with E-state index in [2.05, 4.69) is 15.0 Å². The van der Waals surface area contributed by atoms with Crippen molar-refractivity contribution in [2.24, 2.45) is 0 Å². The maximum absolute atomic E-state index is 4.33. The molecule has 0 spiro atoms. The van der Waals surface area contributed by atoms with Crippen LogP contribution < -0.4 is 0 Å². The Balaban J connectivity index is 2.65. The number of aromatic nitrogens is 3. The van der Waals surface area contributed by atoms with Crippen LogP contribution in [-0.2, 0) is 0 Å². The van der Waals surface area contributed by atoms with Gasteiger partial charge in [-0.2, -0.15) is 0 Å². The molecular formula is C9H5N3Se. The molecule has 3 nitrogen and oxygen atoms in total. The van der Waals surface area contributed by atoms with E-state index in [9.17, 15) is 0 Å². The molecule has 0 N–H and O–H groups in total. The first-order chi connectivity index (χ1) is 6.45. The van der Waals surface area contributed by atoms with E-state index in [1.54, 1.807) is 12.4 Å². The predicted molar refractivity (Wildman–Crippen MR) is 51.8 cm³/mol. The average molecular weight is 234 g/mol. The van der Waals surface area contributed by atoms with Gasteiger partial charge in [0.1, 0.15) is 0 Å². The molecule has 0 unspecified atom stereocenters. The molecule has 0 bridgehead atoms. The number of fused-ring (bicyclic) bond motifs is 3. The third-order valence-corrected chi connectivity index (χ3v) is 3.72. The van der Waals surface area contributed by atoms with E-state index in [-0.39, 0.29) is 0 Å². The van der Waals surface area contributed by atoms with Crippen molar-refractivity contribution in [3.63, 3.8) is 0 Å². The minimum atomic E-state index is 0.338. The molecule has 0 atom stereocenters. The number of benzene rings is 1. The van der Waals surface area contributed by atoms with Gasteiger partial charge in [0.2, 0.25) is 0 Å². The predicted octanol–water partition coefficient (Wildman–Crippen LogP) is 1.23. The first-order valence-electron chi connectivity index (χ1n) is 3.88. The van der Waals surface area contributed by atoms with Gasteiger partial charge >= 0.3 is 79.9 Å². The van der Waals surface area contributed by atoms with Crippen molar-refractivity contribution in [3.05, 3.63) is 29.6 Å². The van der Waals surface area contributed by atoms with Gasteiger partial charge in [-0.25, -0.2) is 0 Å². The number of hydrogen-bond donors (Lipinski definition) is 0. The van der Waals surface area contributed by atoms with E-state index < -0.39 is 0 Å². The topological polar surface area (TPSA) is 38.7 Å². The van der Waals surface area contributed by atoms with Gasteiger partial charge in [-0.3, -0.25) is 0 Å². The van der Waals surface area contributed by atoms with E-state index >= 15 is 0 Å². The number of rotatable bonds is 0. The van der Waals surface area contributed by atoms with Crippen LogP contribution >= 0.6 is 0 Å². The van der Waals surface area contributed by atoms with Gasteiger partial charge in [0.05, 0.1) is 0 Å². The Morgan fingerprint density at radius 3 is 2.77 bits per heavy atom. The summed E-state index contributed by atoms with van der Waals surface area (Å²) >= 11 is 0.338. The third-order valence-electron chi connectivity index (χ3n) is 1.94. The summed E-state index contributed by atoms with van der Waals surface area (Å²) in [5, 5.41) is 1.98. The third kappa shape index (κ3) is 0.996. The van der Waals surface area contributed by atoms with E-state index in [4.69, 9.17) is 0 Å². The molecule has 1 aromatic carbocycles. The van der Waals surface area contributed by atoms with E-state index in [0.29, 0.717) is 14.5 Å². The minimum absolute atomic E-state index is 0.338. The Morgan fingerprint density at radius 2 is 1.77 bits per heavy atom. The van der Waals surface area contributed by atoms with Crippen LogP contribution in [-0.4, -0.2) is 29.5 Å². The molecule has 0 saturated carbocycles. The second-order valence-electron chi connectivity index (χ2n) is 2.69. The summed E-state index contributed by atoms with van der Waals surface area (Å²) in [6, 6.07) is 3.98. The Kier molecular flexibility index (Phi) is 1.45. The van der Waals surface area contributed by atoms with Gasteiger partial charge in [-0.15, -0.1) is 0 Å². The van der Waals surface area contributed by atoms with Crippen LogP contribution in [0, 0.1) is 0 Å². The van der Waals surface area contributed by atoms with Crippen molar-refractivity contribution in [3.8, 4) is 0 Å². The van der Waals surface area contributed by atoms with Gasteiger partial charge < -0.3 is 0 Å². The van der Waals surface area contributed by atoms with Crippen molar-refractivity contribution in [1.29, 1.82) is 0 Å². The van der Waals surface area contributed by atoms with Crippen molar-refractivity contribution < 1.29 is 0 Å². The van der Waals surface area contributed by atoms with E-state index in [1.807, 2.05) is 17.2 Å². The molecule has 0 aliphatic rings. The molecule has 3 rings (SSSR count). The molecule has 62 valence electrons. The molecule has 13 heavy (non-hydrogen) atoms. The molecule has 2 aromatic heterocycles. The summed E-state index contributed by atoms with van der Waals surface area (Å²) in [6.45, 7) is 0. The van der Waals surface area contributed by atoms with Crippen LogP contribution in [0.3, 0.4) is 0 Å². The van der Waals surface area contributed by atoms with Gasteiger partial charge in [0.25, 0.3) is 0 Å². The second-order valence-corrected chi connectivity index (χ2v) is 4.48. The second kappa shape index (κ2) is 2.62. The van der Waals surface area contributed by atoms with Crippen LogP contribution in [0.5, 0.6) is 0 Å². The summed E-state index contributed by atoms with van der Waals surface area (Å²) in [5.41, 5.74) is 3.04. The first-order valence-corrected chi connectivity index (χ1v) is 5.72. The molecule has 0 fully saturated rings. The molecule has 0 aliphatic carbocycles. The molecule has 0 aliphatic heterocycles. The van der Waals surface area contributed by atoms with Gasteiger partial charge in [-0.1, -0.05) is 0 Å². The zero-order chi connectivity index (χ0) is 8.67. The van der Waals surface area contributed by atoms with Crippen molar-refractivity contribution in [1.82, 2.24) is 15.0 Å². The quantitative estimate of drug-likeness (QED) is 0.549. The zero-order valence-electron chi connectivity index (χ0n) is 6.64. The maximum atomic E-state index is 4.33.